The van der Waals surface area contributed by atoms with Gasteiger partial charge in [0.25, 0.3) is 11.8 Å². The third-order valence-electron chi connectivity index (χ3n) is 4.11. The van der Waals surface area contributed by atoms with Crippen LogP contribution in [0.15, 0.2) is 41.3 Å². The monoisotopic (exact) mass is 454 g/mol. The number of anilines is 1. The largest absolute Gasteiger partial charge is 0.493 e. The number of carbonyl (C=O) groups excluding carboxylic acids is 2. The summed E-state index contributed by atoms with van der Waals surface area (Å²) in [4.78, 5) is 25.9. The molecule has 30 heavy (non-hydrogen) atoms. The number of hydrogen-bond donors (Lipinski definition) is 1. The minimum Gasteiger partial charge on any atom is -0.493 e. The van der Waals surface area contributed by atoms with Crippen molar-refractivity contribution in [3.8, 4) is 11.5 Å². The van der Waals surface area contributed by atoms with Crippen molar-refractivity contribution >= 4 is 38.9 Å². The molecule has 2 N–H and O–H groups in total. The molecule has 0 unspecified atom stereocenters. The van der Waals surface area contributed by atoms with Crippen LogP contribution < -0.4 is 20.1 Å². The number of halogens is 1. The van der Waals surface area contributed by atoms with Crippen molar-refractivity contribution in [3.05, 3.63) is 47.0 Å². The summed E-state index contributed by atoms with van der Waals surface area (Å²) in [5, 5.41) is 0.0788. The van der Waals surface area contributed by atoms with E-state index in [2.05, 4.69) is 0 Å². The molecule has 0 atom stereocenters. The van der Waals surface area contributed by atoms with E-state index in [0.717, 1.165) is 6.26 Å². The van der Waals surface area contributed by atoms with Crippen molar-refractivity contribution in [2.24, 2.45) is 5.73 Å². The number of nitrogens with zero attached hydrogens (tertiary/aromatic N) is 1. The van der Waals surface area contributed by atoms with Gasteiger partial charge in [0.2, 0.25) is 0 Å². The summed E-state index contributed by atoms with van der Waals surface area (Å²) in [7, 11) is -1.98. The van der Waals surface area contributed by atoms with Crippen molar-refractivity contribution in [2.45, 2.75) is 24.8 Å². The number of carbonyl (C=O) groups is 2. The fraction of sp³-hybridized carbons (Fsp3) is 0.300. The average molecular weight is 455 g/mol. The highest BCUT2D eigenvalue weighted by Crippen LogP contribution is 2.37. The first kappa shape index (κ1) is 23.5. The Morgan fingerprint density at radius 1 is 1.17 bits per heavy atom. The lowest BCUT2D eigenvalue weighted by atomic mass is 10.1. The van der Waals surface area contributed by atoms with Crippen LogP contribution in [0.4, 0.5) is 5.69 Å². The van der Waals surface area contributed by atoms with E-state index in [-0.39, 0.29) is 38.9 Å². The van der Waals surface area contributed by atoms with Gasteiger partial charge in [0.15, 0.2) is 27.9 Å². The van der Waals surface area contributed by atoms with E-state index >= 15 is 0 Å². The zero-order valence-electron chi connectivity index (χ0n) is 17.0. The molecule has 0 saturated carbocycles. The van der Waals surface area contributed by atoms with Gasteiger partial charge < -0.3 is 20.1 Å². The highest BCUT2D eigenvalue weighted by Gasteiger charge is 2.24. The molecule has 0 fully saturated rings. The molecule has 0 spiro atoms. The summed E-state index contributed by atoms with van der Waals surface area (Å²) in [6, 6.07) is 8.64. The molecule has 2 rings (SSSR count). The molecule has 0 radical (unpaired) electrons. The lowest BCUT2D eigenvalue weighted by Crippen LogP contribution is -2.37. The van der Waals surface area contributed by atoms with Crippen LogP contribution in [-0.2, 0) is 14.6 Å². The molecule has 0 aliphatic rings. The molecule has 0 aromatic heterocycles. The van der Waals surface area contributed by atoms with Gasteiger partial charge in [0.05, 0.1) is 17.0 Å². The van der Waals surface area contributed by atoms with Gasteiger partial charge in [-0.15, -0.1) is 0 Å². The molecular weight excluding hydrogens is 432 g/mol. The van der Waals surface area contributed by atoms with Gasteiger partial charge in [-0.25, -0.2) is 8.42 Å². The molecule has 0 saturated heterocycles. The van der Waals surface area contributed by atoms with E-state index in [4.69, 9.17) is 26.8 Å². The Kier molecular flexibility index (Phi) is 7.33. The third kappa shape index (κ3) is 5.43. The van der Waals surface area contributed by atoms with Gasteiger partial charge >= 0.3 is 0 Å². The smallest absolute Gasteiger partial charge is 0.258 e. The quantitative estimate of drug-likeness (QED) is 0.655. The molecule has 10 heteroatoms. The van der Waals surface area contributed by atoms with E-state index in [1.807, 2.05) is 13.8 Å². The number of hydrogen-bond acceptors (Lipinski definition) is 6. The Bertz CT molecular complexity index is 1050. The van der Waals surface area contributed by atoms with Crippen LogP contribution in [0.5, 0.6) is 11.5 Å². The van der Waals surface area contributed by atoms with Gasteiger partial charge in [0.1, 0.15) is 0 Å². The molecule has 2 amide bonds. The normalized spacial score (nSPS) is 11.3. The van der Waals surface area contributed by atoms with Crippen LogP contribution >= 0.6 is 11.6 Å². The first-order valence-corrected chi connectivity index (χ1v) is 11.1. The Balaban J connectivity index is 2.44. The Hall–Kier alpha value is -2.78. The van der Waals surface area contributed by atoms with Crippen LogP contribution in [-0.4, -0.2) is 46.2 Å². The van der Waals surface area contributed by atoms with Crippen molar-refractivity contribution < 1.29 is 27.5 Å². The third-order valence-corrected chi connectivity index (χ3v) is 5.52. The zero-order valence-corrected chi connectivity index (χ0v) is 18.6. The first-order chi connectivity index (χ1) is 14.0. The first-order valence-electron chi connectivity index (χ1n) is 8.88. The summed E-state index contributed by atoms with van der Waals surface area (Å²) in [5.74, 6) is -0.790. The Morgan fingerprint density at radius 3 is 2.23 bits per heavy atom. The predicted molar refractivity (Wildman–Crippen MR) is 114 cm³/mol. The standard InChI is InChI=1S/C20H23ClN2O6S/c1-12(2)23(14-5-7-15(8-6-14)30(4,26)27)20(25)13-9-16(21)19(17(10-13)28-3)29-11-18(22)24/h5-10,12H,11H2,1-4H3,(H2,22,24). The van der Waals surface area contributed by atoms with Crippen LogP contribution in [0.1, 0.15) is 24.2 Å². The summed E-state index contributed by atoms with van der Waals surface area (Å²) in [6.45, 7) is 3.26. The fourth-order valence-electron chi connectivity index (χ4n) is 2.77. The van der Waals surface area contributed by atoms with Crippen molar-refractivity contribution in [1.82, 2.24) is 0 Å². The van der Waals surface area contributed by atoms with Gasteiger partial charge in [-0.05, 0) is 50.2 Å². The molecule has 0 aliphatic carbocycles. The van der Waals surface area contributed by atoms with Gasteiger partial charge in [-0.3, -0.25) is 9.59 Å². The highest BCUT2D eigenvalue weighted by atomic mass is 35.5. The minimum absolute atomic E-state index is 0.0788. The number of benzene rings is 2. The lowest BCUT2D eigenvalue weighted by molar-refractivity contribution is -0.119. The molecule has 2 aromatic rings. The number of methoxy groups -OCH3 is 1. The summed E-state index contributed by atoms with van der Waals surface area (Å²) in [6.07, 6.45) is 1.11. The Labute approximate surface area is 180 Å². The second-order valence-electron chi connectivity index (χ2n) is 6.78. The summed E-state index contributed by atoms with van der Waals surface area (Å²) < 4.78 is 33.9. The maximum atomic E-state index is 13.2. The number of amides is 2. The van der Waals surface area contributed by atoms with E-state index in [1.165, 1.54) is 36.3 Å². The highest BCUT2D eigenvalue weighted by molar-refractivity contribution is 7.90. The molecule has 0 bridgehead atoms. The number of rotatable bonds is 8. The van der Waals surface area contributed by atoms with E-state index in [1.54, 1.807) is 12.1 Å². The second kappa shape index (κ2) is 9.36. The minimum atomic E-state index is -3.35. The van der Waals surface area contributed by atoms with Crippen molar-refractivity contribution in [3.63, 3.8) is 0 Å². The van der Waals surface area contributed by atoms with Crippen LogP contribution in [0.2, 0.25) is 5.02 Å². The molecule has 0 heterocycles. The van der Waals surface area contributed by atoms with Gasteiger partial charge in [-0.2, -0.15) is 0 Å². The molecule has 2 aromatic carbocycles. The number of primary amides is 1. The predicted octanol–water partition coefficient (Wildman–Crippen LogP) is 2.67. The number of nitrogens with two attached hydrogens (primary N) is 1. The van der Waals surface area contributed by atoms with Gasteiger partial charge in [-0.1, -0.05) is 11.6 Å². The van der Waals surface area contributed by atoms with Crippen molar-refractivity contribution in [1.29, 1.82) is 0 Å². The van der Waals surface area contributed by atoms with E-state index < -0.39 is 22.4 Å². The second-order valence-corrected chi connectivity index (χ2v) is 9.20. The molecule has 162 valence electrons. The van der Waals surface area contributed by atoms with Crippen molar-refractivity contribution in [2.75, 3.05) is 24.9 Å². The number of ether oxygens (including phenoxy) is 2. The van der Waals surface area contributed by atoms with Gasteiger partial charge in [0, 0.05) is 23.5 Å². The summed E-state index contributed by atoms with van der Waals surface area (Å²) >= 11 is 6.25. The maximum absolute atomic E-state index is 13.2. The molecule has 0 aliphatic heterocycles. The van der Waals surface area contributed by atoms with Crippen LogP contribution in [0.25, 0.3) is 0 Å². The summed E-state index contributed by atoms with van der Waals surface area (Å²) in [5.41, 5.74) is 5.83. The maximum Gasteiger partial charge on any atom is 0.258 e. The van der Waals surface area contributed by atoms with Crippen LogP contribution in [0, 0.1) is 0 Å². The molecular formula is C20H23ClN2O6S. The fourth-order valence-corrected chi connectivity index (χ4v) is 3.67. The average Bonchev–Trinajstić information content (AvgIpc) is 2.65. The zero-order chi connectivity index (χ0) is 22.6. The topological polar surface area (TPSA) is 116 Å². The SMILES string of the molecule is COc1cc(C(=O)N(c2ccc(S(C)(=O)=O)cc2)C(C)C)cc(Cl)c1OCC(N)=O. The lowest BCUT2D eigenvalue weighted by Gasteiger charge is -2.27. The van der Waals surface area contributed by atoms with E-state index in [0.29, 0.717) is 5.69 Å². The number of sulfone groups is 1. The molecule has 8 nitrogen and oxygen atoms in total. The Morgan fingerprint density at radius 2 is 1.77 bits per heavy atom. The van der Waals surface area contributed by atoms with E-state index in [9.17, 15) is 18.0 Å². The van der Waals surface area contributed by atoms with Crippen LogP contribution in [0.3, 0.4) is 0 Å².